The zero-order chi connectivity index (χ0) is 20.1. The molecule has 1 N–H and O–H groups in total. The van der Waals surface area contributed by atoms with Crippen molar-refractivity contribution in [2.45, 2.75) is 36.9 Å². The highest BCUT2D eigenvalue weighted by Crippen LogP contribution is 2.21. The van der Waals surface area contributed by atoms with Crippen LogP contribution in [0.4, 0.5) is 0 Å². The van der Waals surface area contributed by atoms with Gasteiger partial charge in [-0.15, -0.1) is 0 Å². The second kappa shape index (κ2) is 8.86. The Morgan fingerprint density at radius 2 is 1.79 bits per heavy atom. The van der Waals surface area contributed by atoms with E-state index in [0.717, 1.165) is 25.9 Å². The molecule has 0 aromatic heterocycles. The maximum Gasteiger partial charge on any atom is 0.242 e. The number of likely N-dealkylation sites (tertiary alicyclic amines) is 1. The Balaban J connectivity index is 1.67. The lowest BCUT2D eigenvalue weighted by molar-refractivity contribution is -0.125. The van der Waals surface area contributed by atoms with Crippen molar-refractivity contribution >= 4 is 15.9 Å². The summed E-state index contributed by atoms with van der Waals surface area (Å²) in [4.78, 5) is 15.2. The minimum Gasteiger partial charge on any atom is -0.351 e. The summed E-state index contributed by atoms with van der Waals surface area (Å²) in [6, 6.07) is 16.7. The number of nitrogens with zero attached hydrogens (tertiary/aromatic N) is 2. The Bertz CT molecular complexity index is 914. The highest BCUT2D eigenvalue weighted by Gasteiger charge is 2.30. The van der Waals surface area contributed by atoms with Crippen LogP contribution < -0.4 is 5.32 Å². The molecule has 1 atom stereocenters. The number of carbonyl (C=O) groups is 1. The SMILES string of the molecule is CN(C)S(=O)(=O)c1ccccc1CNC(=O)C1CCCN1Cc1ccccc1. The van der Waals surface area contributed by atoms with Crippen LogP contribution in [-0.2, 0) is 27.9 Å². The summed E-state index contributed by atoms with van der Waals surface area (Å²) in [5, 5.41) is 2.94. The molecular weight excluding hydrogens is 374 g/mol. The average molecular weight is 402 g/mol. The van der Waals surface area contributed by atoms with Crippen molar-refractivity contribution in [2.75, 3.05) is 20.6 Å². The molecule has 1 unspecified atom stereocenters. The predicted octanol–water partition coefficient (Wildman–Crippen LogP) is 2.22. The summed E-state index contributed by atoms with van der Waals surface area (Å²) in [5.41, 5.74) is 1.78. The topological polar surface area (TPSA) is 69.7 Å². The van der Waals surface area contributed by atoms with Crippen molar-refractivity contribution in [1.29, 1.82) is 0 Å². The lowest BCUT2D eigenvalue weighted by Gasteiger charge is -2.24. The number of amides is 1. The van der Waals surface area contributed by atoms with Crippen LogP contribution in [0.1, 0.15) is 24.0 Å². The van der Waals surface area contributed by atoms with Crippen LogP contribution in [0, 0.1) is 0 Å². The van der Waals surface area contributed by atoms with Crippen molar-refractivity contribution in [3.05, 3.63) is 65.7 Å². The molecule has 1 saturated heterocycles. The summed E-state index contributed by atoms with van der Waals surface area (Å²) in [6.45, 7) is 1.82. The minimum absolute atomic E-state index is 0.0505. The molecule has 1 aliphatic heterocycles. The standard InChI is InChI=1S/C21H27N3O3S/c1-23(2)28(26,27)20-13-7-6-11-18(20)15-22-21(25)19-12-8-14-24(19)16-17-9-4-3-5-10-17/h3-7,9-11,13,19H,8,12,14-16H2,1-2H3,(H,22,25). The van der Waals surface area contributed by atoms with Gasteiger partial charge in [0, 0.05) is 27.2 Å². The summed E-state index contributed by atoms with van der Waals surface area (Å²) in [6.07, 6.45) is 1.80. The van der Waals surface area contributed by atoms with Gasteiger partial charge in [0.1, 0.15) is 0 Å². The van der Waals surface area contributed by atoms with Gasteiger partial charge in [0.2, 0.25) is 15.9 Å². The Labute approximate surface area is 167 Å². The van der Waals surface area contributed by atoms with Crippen LogP contribution in [0.15, 0.2) is 59.5 Å². The molecule has 0 aliphatic carbocycles. The second-order valence-electron chi connectivity index (χ2n) is 7.23. The van der Waals surface area contributed by atoms with Gasteiger partial charge in [-0.05, 0) is 36.6 Å². The molecule has 1 fully saturated rings. The van der Waals surface area contributed by atoms with Crippen molar-refractivity contribution < 1.29 is 13.2 Å². The van der Waals surface area contributed by atoms with E-state index in [2.05, 4.69) is 22.3 Å². The number of hydrogen-bond acceptors (Lipinski definition) is 4. The Morgan fingerprint density at radius 1 is 1.11 bits per heavy atom. The van der Waals surface area contributed by atoms with Crippen LogP contribution in [0.25, 0.3) is 0 Å². The monoisotopic (exact) mass is 401 g/mol. The number of sulfonamides is 1. The zero-order valence-corrected chi connectivity index (χ0v) is 17.2. The molecule has 28 heavy (non-hydrogen) atoms. The van der Waals surface area contributed by atoms with Gasteiger partial charge in [-0.1, -0.05) is 48.5 Å². The quantitative estimate of drug-likeness (QED) is 0.772. The fourth-order valence-corrected chi connectivity index (χ4v) is 4.64. The van der Waals surface area contributed by atoms with Crippen molar-refractivity contribution in [3.8, 4) is 0 Å². The molecule has 3 rings (SSSR count). The molecule has 1 amide bonds. The van der Waals surface area contributed by atoms with Gasteiger partial charge in [0.15, 0.2) is 0 Å². The molecule has 0 radical (unpaired) electrons. The number of nitrogens with one attached hydrogen (secondary N) is 1. The van der Waals surface area contributed by atoms with E-state index in [1.54, 1.807) is 24.3 Å². The minimum atomic E-state index is -3.55. The van der Waals surface area contributed by atoms with E-state index in [1.807, 2.05) is 18.2 Å². The van der Waals surface area contributed by atoms with Gasteiger partial charge in [-0.25, -0.2) is 12.7 Å². The Kier molecular flexibility index (Phi) is 6.49. The van der Waals surface area contributed by atoms with Crippen LogP contribution in [0.5, 0.6) is 0 Å². The summed E-state index contributed by atoms with van der Waals surface area (Å²) in [5.74, 6) is -0.0505. The highest BCUT2D eigenvalue weighted by molar-refractivity contribution is 7.89. The van der Waals surface area contributed by atoms with E-state index in [0.29, 0.717) is 5.56 Å². The largest absolute Gasteiger partial charge is 0.351 e. The van der Waals surface area contributed by atoms with Crippen molar-refractivity contribution in [2.24, 2.45) is 0 Å². The van der Waals surface area contributed by atoms with Crippen LogP contribution in [0.2, 0.25) is 0 Å². The molecule has 2 aromatic rings. The third kappa shape index (κ3) is 4.60. The summed E-state index contributed by atoms with van der Waals surface area (Å²) < 4.78 is 26.2. The van der Waals surface area contributed by atoms with E-state index in [9.17, 15) is 13.2 Å². The fourth-order valence-electron chi connectivity index (χ4n) is 3.53. The van der Waals surface area contributed by atoms with E-state index < -0.39 is 10.0 Å². The highest BCUT2D eigenvalue weighted by atomic mass is 32.2. The maximum atomic E-state index is 12.8. The first-order valence-corrected chi connectivity index (χ1v) is 10.9. The lowest BCUT2D eigenvalue weighted by Crippen LogP contribution is -2.42. The van der Waals surface area contributed by atoms with Gasteiger partial charge in [0.05, 0.1) is 10.9 Å². The zero-order valence-electron chi connectivity index (χ0n) is 16.3. The van der Waals surface area contributed by atoms with Crippen LogP contribution >= 0.6 is 0 Å². The Hall–Kier alpha value is -2.22. The number of benzene rings is 2. The van der Waals surface area contributed by atoms with Gasteiger partial charge in [-0.3, -0.25) is 9.69 Å². The van der Waals surface area contributed by atoms with Crippen molar-refractivity contribution in [1.82, 2.24) is 14.5 Å². The fraction of sp³-hybridized carbons (Fsp3) is 0.381. The number of carbonyl (C=O) groups excluding carboxylic acids is 1. The van der Waals surface area contributed by atoms with Crippen LogP contribution in [0.3, 0.4) is 0 Å². The first-order valence-electron chi connectivity index (χ1n) is 9.45. The smallest absolute Gasteiger partial charge is 0.242 e. The lowest BCUT2D eigenvalue weighted by atomic mass is 10.1. The first-order chi connectivity index (χ1) is 13.4. The van der Waals surface area contributed by atoms with E-state index in [-0.39, 0.29) is 23.4 Å². The van der Waals surface area contributed by atoms with Gasteiger partial charge >= 0.3 is 0 Å². The third-order valence-electron chi connectivity index (χ3n) is 5.08. The molecule has 0 saturated carbocycles. The Morgan fingerprint density at radius 3 is 2.50 bits per heavy atom. The van der Waals surface area contributed by atoms with Gasteiger partial charge < -0.3 is 5.32 Å². The van der Waals surface area contributed by atoms with Crippen LogP contribution in [-0.4, -0.2) is 50.2 Å². The molecular formula is C21H27N3O3S. The van der Waals surface area contributed by atoms with E-state index in [4.69, 9.17) is 0 Å². The maximum absolute atomic E-state index is 12.8. The van der Waals surface area contributed by atoms with Gasteiger partial charge in [0.25, 0.3) is 0 Å². The molecule has 2 aromatic carbocycles. The van der Waals surface area contributed by atoms with Crippen molar-refractivity contribution in [3.63, 3.8) is 0 Å². The van der Waals surface area contributed by atoms with Gasteiger partial charge in [-0.2, -0.15) is 0 Å². The average Bonchev–Trinajstić information content (AvgIpc) is 3.15. The molecule has 0 spiro atoms. The molecule has 7 heteroatoms. The molecule has 0 bridgehead atoms. The summed E-state index contributed by atoms with van der Waals surface area (Å²) in [7, 11) is -0.545. The third-order valence-corrected chi connectivity index (χ3v) is 6.99. The normalized spacial score (nSPS) is 17.8. The number of hydrogen-bond donors (Lipinski definition) is 1. The first kappa shape index (κ1) is 20.5. The van der Waals surface area contributed by atoms with E-state index in [1.165, 1.54) is 24.0 Å². The molecule has 1 aliphatic rings. The number of rotatable bonds is 7. The van der Waals surface area contributed by atoms with E-state index >= 15 is 0 Å². The summed E-state index contributed by atoms with van der Waals surface area (Å²) >= 11 is 0. The predicted molar refractivity (Wildman–Crippen MR) is 109 cm³/mol. The molecule has 6 nitrogen and oxygen atoms in total. The second-order valence-corrected chi connectivity index (χ2v) is 9.35. The molecule has 1 heterocycles. The molecule has 150 valence electrons.